The normalized spacial score (nSPS) is 26.9. The summed E-state index contributed by atoms with van der Waals surface area (Å²) in [5.41, 5.74) is 0. The summed E-state index contributed by atoms with van der Waals surface area (Å²) in [7, 11) is 0. The predicted molar refractivity (Wildman–Crippen MR) is 114 cm³/mol. The van der Waals surface area contributed by atoms with Crippen LogP contribution < -0.4 is 9.47 Å². The lowest BCUT2D eigenvalue weighted by molar-refractivity contribution is -0.135. The fourth-order valence-electron chi connectivity index (χ4n) is 5.37. The zero-order valence-corrected chi connectivity index (χ0v) is 18.4. The molecule has 1 aromatic carbocycles. The second-order valence-corrected chi connectivity index (χ2v) is 9.11. The van der Waals surface area contributed by atoms with Gasteiger partial charge in [-0.3, -0.25) is 4.79 Å². The minimum atomic E-state index is -1.17. The minimum absolute atomic E-state index is 0.172. The van der Waals surface area contributed by atoms with Crippen LogP contribution in [0.15, 0.2) is 12.1 Å². The molecule has 3 rings (SSSR count). The average molecular weight is 423 g/mol. The number of carbonyl (C=O) groups excluding carboxylic acids is 1. The average Bonchev–Trinajstić information content (AvgIpc) is 2.78. The van der Waals surface area contributed by atoms with Crippen LogP contribution in [0.25, 0.3) is 0 Å². The van der Waals surface area contributed by atoms with E-state index in [2.05, 4.69) is 6.92 Å². The molecule has 2 saturated carbocycles. The van der Waals surface area contributed by atoms with Gasteiger partial charge in [0.05, 0.1) is 6.61 Å². The molecule has 0 atom stereocenters. The highest BCUT2D eigenvalue weighted by molar-refractivity contribution is 5.72. The van der Waals surface area contributed by atoms with Crippen molar-refractivity contribution in [2.75, 3.05) is 6.61 Å². The van der Waals surface area contributed by atoms with E-state index in [-0.39, 0.29) is 24.5 Å². The molecule has 1 aromatic rings. The van der Waals surface area contributed by atoms with Gasteiger partial charge >= 0.3 is 5.97 Å². The molecule has 168 valence electrons. The van der Waals surface area contributed by atoms with Gasteiger partial charge in [0.15, 0.2) is 11.5 Å². The quantitative estimate of drug-likeness (QED) is 0.332. The molecule has 0 N–H and O–H groups in total. The van der Waals surface area contributed by atoms with Crippen molar-refractivity contribution in [2.24, 2.45) is 23.7 Å². The fraction of sp³-hybridized carbons (Fsp3) is 0.720. The molecule has 0 spiro atoms. The van der Waals surface area contributed by atoms with Gasteiger partial charge in [0.1, 0.15) is 0 Å². The highest BCUT2D eigenvalue weighted by Crippen LogP contribution is 2.42. The van der Waals surface area contributed by atoms with Crippen LogP contribution in [0.5, 0.6) is 11.5 Å². The van der Waals surface area contributed by atoms with Crippen LogP contribution in [0.3, 0.4) is 0 Å². The topological polar surface area (TPSA) is 35.5 Å². The van der Waals surface area contributed by atoms with E-state index in [4.69, 9.17) is 9.47 Å². The third-order valence-corrected chi connectivity index (χ3v) is 7.32. The molecule has 0 aromatic heterocycles. The number of esters is 1. The van der Waals surface area contributed by atoms with Crippen LogP contribution in [0.4, 0.5) is 8.78 Å². The van der Waals surface area contributed by atoms with E-state index in [1.54, 1.807) is 6.92 Å². The highest BCUT2D eigenvalue weighted by Gasteiger charge is 2.30. The first-order valence-corrected chi connectivity index (χ1v) is 11.8. The molecule has 0 amide bonds. The van der Waals surface area contributed by atoms with E-state index in [1.165, 1.54) is 57.1 Å². The van der Waals surface area contributed by atoms with Crippen molar-refractivity contribution < 1.29 is 23.0 Å². The molecule has 0 radical (unpaired) electrons. The molecule has 0 bridgehead atoms. The number of carbonyl (C=O) groups is 1. The summed E-state index contributed by atoms with van der Waals surface area (Å²) in [5, 5.41) is 0. The molecule has 0 heterocycles. The molecule has 2 aliphatic rings. The Bertz CT molecular complexity index is 690. The molecule has 5 heteroatoms. The smallest absolute Gasteiger partial charge is 0.311 e. The third-order valence-electron chi connectivity index (χ3n) is 7.32. The van der Waals surface area contributed by atoms with E-state index < -0.39 is 17.6 Å². The zero-order chi connectivity index (χ0) is 21.5. The van der Waals surface area contributed by atoms with Gasteiger partial charge in [-0.05, 0) is 74.8 Å². The van der Waals surface area contributed by atoms with Crippen molar-refractivity contribution in [3.05, 3.63) is 23.8 Å². The van der Waals surface area contributed by atoms with E-state index >= 15 is 0 Å². The van der Waals surface area contributed by atoms with Crippen molar-refractivity contribution in [3.8, 4) is 11.5 Å². The van der Waals surface area contributed by atoms with Crippen molar-refractivity contribution >= 4 is 5.97 Å². The molecule has 0 aliphatic heterocycles. The monoisotopic (exact) mass is 422 g/mol. The van der Waals surface area contributed by atoms with Crippen LogP contribution in [-0.2, 0) is 4.79 Å². The Labute approximate surface area is 179 Å². The Morgan fingerprint density at radius 2 is 1.40 bits per heavy atom. The molecular formula is C25H36F2O3. The maximum atomic E-state index is 14.1. The Balaban J connectivity index is 1.39. The van der Waals surface area contributed by atoms with Crippen LogP contribution in [0.1, 0.15) is 84.5 Å². The van der Waals surface area contributed by atoms with E-state index in [0.717, 1.165) is 37.0 Å². The minimum Gasteiger partial charge on any atom is -0.491 e. The van der Waals surface area contributed by atoms with Gasteiger partial charge in [-0.15, -0.1) is 0 Å². The molecule has 30 heavy (non-hydrogen) atoms. The summed E-state index contributed by atoms with van der Waals surface area (Å²) >= 11 is 0. The number of hydrogen-bond acceptors (Lipinski definition) is 3. The first kappa shape index (κ1) is 23.0. The number of halogens is 2. The molecule has 3 nitrogen and oxygen atoms in total. The van der Waals surface area contributed by atoms with Gasteiger partial charge in [0, 0.05) is 6.42 Å². The van der Waals surface area contributed by atoms with Crippen LogP contribution >= 0.6 is 0 Å². The van der Waals surface area contributed by atoms with Crippen LogP contribution in [-0.4, -0.2) is 12.6 Å². The lowest BCUT2D eigenvalue weighted by Gasteiger charge is -2.37. The van der Waals surface area contributed by atoms with Gasteiger partial charge < -0.3 is 9.47 Å². The Hall–Kier alpha value is -1.65. The molecular weight excluding hydrogens is 386 g/mol. The van der Waals surface area contributed by atoms with Gasteiger partial charge in [0.25, 0.3) is 0 Å². The van der Waals surface area contributed by atoms with Crippen LogP contribution in [0.2, 0.25) is 0 Å². The van der Waals surface area contributed by atoms with Gasteiger partial charge in [-0.25, -0.2) is 0 Å². The summed E-state index contributed by atoms with van der Waals surface area (Å²) < 4.78 is 38.1. The van der Waals surface area contributed by atoms with Gasteiger partial charge in [0.2, 0.25) is 11.6 Å². The zero-order valence-electron chi connectivity index (χ0n) is 18.4. The summed E-state index contributed by atoms with van der Waals surface area (Å²) in [6.45, 7) is 4.23. The second-order valence-electron chi connectivity index (χ2n) is 9.11. The molecule has 0 saturated heterocycles. The standard InChI is InChI=1S/C25H36F2O3/c1-3-17-5-10-19(11-6-17)20-12-7-18(8-13-20)9-16-23(28)30-22-15-14-21(29-4-2)24(26)25(22)27/h14-15,17-20H,3-13,16H2,1-2H3. The SMILES string of the molecule is CCOc1ccc(OC(=O)CCC2CCC(C3CCC(CC)CC3)CC2)c(F)c1F. The molecule has 2 fully saturated rings. The van der Waals surface area contributed by atoms with Crippen molar-refractivity contribution in [2.45, 2.75) is 84.5 Å². The Morgan fingerprint density at radius 3 is 1.97 bits per heavy atom. The number of ether oxygens (including phenoxy) is 2. The third kappa shape index (κ3) is 5.95. The van der Waals surface area contributed by atoms with E-state index in [0.29, 0.717) is 5.92 Å². The number of hydrogen-bond donors (Lipinski definition) is 0. The highest BCUT2D eigenvalue weighted by atomic mass is 19.2. The molecule has 2 aliphatic carbocycles. The van der Waals surface area contributed by atoms with Crippen LogP contribution in [0, 0.1) is 35.3 Å². The number of benzene rings is 1. The fourth-order valence-corrected chi connectivity index (χ4v) is 5.37. The maximum absolute atomic E-state index is 14.1. The molecule has 0 unspecified atom stereocenters. The Kier molecular flexibility index (Phi) is 8.52. The Morgan fingerprint density at radius 1 is 0.867 bits per heavy atom. The van der Waals surface area contributed by atoms with Gasteiger partial charge in [-0.1, -0.05) is 39.0 Å². The van der Waals surface area contributed by atoms with Crippen molar-refractivity contribution in [3.63, 3.8) is 0 Å². The first-order valence-electron chi connectivity index (χ1n) is 11.8. The summed E-state index contributed by atoms with van der Waals surface area (Å²) in [4.78, 5) is 12.2. The summed E-state index contributed by atoms with van der Waals surface area (Å²) in [5.74, 6) is -0.108. The van der Waals surface area contributed by atoms with Gasteiger partial charge in [-0.2, -0.15) is 8.78 Å². The lowest BCUT2D eigenvalue weighted by Crippen LogP contribution is -2.26. The first-order chi connectivity index (χ1) is 14.5. The van der Waals surface area contributed by atoms with E-state index in [9.17, 15) is 13.6 Å². The second kappa shape index (κ2) is 11.1. The number of rotatable bonds is 8. The summed E-state index contributed by atoms with van der Waals surface area (Å²) in [6, 6.07) is 2.54. The van der Waals surface area contributed by atoms with Crippen molar-refractivity contribution in [1.82, 2.24) is 0 Å². The lowest BCUT2D eigenvalue weighted by atomic mass is 9.68. The largest absolute Gasteiger partial charge is 0.491 e. The predicted octanol–water partition coefficient (Wildman–Crippen LogP) is 7.07. The van der Waals surface area contributed by atoms with E-state index in [1.807, 2.05) is 0 Å². The summed E-state index contributed by atoms with van der Waals surface area (Å²) in [6.07, 6.45) is 12.8. The maximum Gasteiger partial charge on any atom is 0.311 e. The van der Waals surface area contributed by atoms with Crippen molar-refractivity contribution in [1.29, 1.82) is 0 Å².